The Morgan fingerprint density at radius 1 is 1.26 bits per heavy atom. The minimum atomic E-state index is -3.64. The minimum Gasteiger partial charge on any atom is -0.352 e. The molecule has 1 aromatic carbocycles. The van der Waals surface area contributed by atoms with E-state index < -0.39 is 21.8 Å². The number of amides is 2. The predicted octanol–water partition coefficient (Wildman–Crippen LogP) is 1.76. The smallest absolute Gasteiger partial charge is 0.251 e. The van der Waals surface area contributed by atoms with Crippen LogP contribution in [0.5, 0.6) is 0 Å². The van der Waals surface area contributed by atoms with Gasteiger partial charge in [0.25, 0.3) is 5.91 Å². The van der Waals surface area contributed by atoms with E-state index in [4.69, 9.17) is 0 Å². The van der Waals surface area contributed by atoms with E-state index in [1.54, 1.807) is 19.3 Å². The zero-order chi connectivity index (χ0) is 19.4. The highest BCUT2D eigenvalue weighted by atomic mass is 32.2. The summed E-state index contributed by atoms with van der Waals surface area (Å²) >= 11 is 0. The van der Waals surface area contributed by atoms with Gasteiger partial charge in [0.15, 0.2) is 0 Å². The molecule has 1 saturated heterocycles. The van der Waals surface area contributed by atoms with Crippen molar-refractivity contribution in [2.24, 2.45) is 5.92 Å². The van der Waals surface area contributed by atoms with Gasteiger partial charge in [-0.2, -0.15) is 0 Å². The summed E-state index contributed by atoms with van der Waals surface area (Å²) in [6.07, 6.45) is 5.12. The van der Waals surface area contributed by atoms with Crippen molar-refractivity contribution in [2.45, 2.75) is 19.8 Å². The van der Waals surface area contributed by atoms with Gasteiger partial charge in [0.1, 0.15) is 0 Å². The highest BCUT2D eigenvalue weighted by Crippen LogP contribution is 2.28. The zero-order valence-electron chi connectivity index (χ0n) is 15.0. The molecule has 27 heavy (non-hydrogen) atoms. The second-order valence-electron chi connectivity index (χ2n) is 6.55. The van der Waals surface area contributed by atoms with Crippen LogP contribution in [-0.2, 0) is 21.2 Å². The quantitative estimate of drug-likeness (QED) is 0.762. The van der Waals surface area contributed by atoms with Crippen LogP contribution in [0, 0.1) is 5.92 Å². The fourth-order valence-corrected chi connectivity index (χ4v) is 4.80. The summed E-state index contributed by atoms with van der Waals surface area (Å²) in [4.78, 5) is 28.4. The molecule has 0 aliphatic carbocycles. The van der Waals surface area contributed by atoms with E-state index in [-0.39, 0.29) is 17.3 Å². The van der Waals surface area contributed by atoms with E-state index in [0.29, 0.717) is 12.1 Å². The maximum absolute atomic E-state index is 12.2. The summed E-state index contributed by atoms with van der Waals surface area (Å²) in [5.41, 5.74) is 1.79. The Morgan fingerprint density at radius 3 is 2.59 bits per heavy atom. The Bertz CT molecular complexity index is 927. The molecule has 1 fully saturated rings. The molecule has 2 amide bonds. The van der Waals surface area contributed by atoms with Gasteiger partial charge in [0.2, 0.25) is 15.9 Å². The molecule has 0 saturated carbocycles. The Morgan fingerprint density at radius 2 is 2.00 bits per heavy atom. The molecule has 142 valence electrons. The van der Waals surface area contributed by atoms with Crippen LogP contribution in [-0.4, -0.2) is 37.5 Å². The first-order chi connectivity index (χ1) is 12.9. The first kappa shape index (κ1) is 19.0. The number of benzene rings is 1. The molecule has 0 bridgehead atoms. The van der Waals surface area contributed by atoms with Gasteiger partial charge in [-0.1, -0.05) is 13.0 Å². The van der Waals surface area contributed by atoms with Gasteiger partial charge in [-0.05, 0) is 48.7 Å². The van der Waals surface area contributed by atoms with Crippen molar-refractivity contribution in [1.82, 2.24) is 10.3 Å². The molecule has 0 radical (unpaired) electrons. The molecule has 1 atom stereocenters. The van der Waals surface area contributed by atoms with Crippen molar-refractivity contribution in [3.05, 3.63) is 59.9 Å². The number of rotatable bonds is 6. The molecule has 0 spiro atoms. The number of sulfonamides is 1. The van der Waals surface area contributed by atoms with Crippen LogP contribution in [0.3, 0.4) is 0 Å². The molecule has 1 aliphatic rings. The first-order valence-corrected chi connectivity index (χ1v) is 10.3. The highest BCUT2D eigenvalue weighted by Gasteiger charge is 2.41. The largest absolute Gasteiger partial charge is 0.352 e. The number of pyridine rings is 1. The van der Waals surface area contributed by atoms with E-state index in [1.807, 2.05) is 12.1 Å². The summed E-state index contributed by atoms with van der Waals surface area (Å²) in [6, 6.07) is 9.88. The Kier molecular flexibility index (Phi) is 5.55. The van der Waals surface area contributed by atoms with Crippen LogP contribution in [0.25, 0.3) is 0 Å². The standard InChI is InChI=1S/C19H21N3O4S/c1-14-13-27(25,26)22(19(14)24)17-8-6-16(7-9-17)18(23)21-11-3-5-15-4-2-10-20-12-15/h2,4,6-10,12,14H,3,5,11,13H2,1H3,(H,21,23). The van der Waals surface area contributed by atoms with Crippen LogP contribution in [0.1, 0.15) is 29.3 Å². The number of carbonyl (C=O) groups excluding carboxylic acids is 2. The molecule has 2 heterocycles. The van der Waals surface area contributed by atoms with Crippen LogP contribution < -0.4 is 9.62 Å². The minimum absolute atomic E-state index is 0.189. The van der Waals surface area contributed by atoms with E-state index in [2.05, 4.69) is 10.3 Å². The fraction of sp³-hybridized carbons (Fsp3) is 0.316. The van der Waals surface area contributed by atoms with Crippen LogP contribution in [0.2, 0.25) is 0 Å². The second-order valence-corrected chi connectivity index (χ2v) is 8.41. The normalized spacial score (nSPS) is 18.5. The molecule has 1 unspecified atom stereocenters. The average Bonchev–Trinajstić information content (AvgIpc) is 2.86. The zero-order valence-corrected chi connectivity index (χ0v) is 15.8. The maximum atomic E-state index is 12.2. The lowest BCUT2D eigenvalue weighted by Gasteiger charge is -2.15. The summed E-state index contributed by atoms with van der Waals surface area (Å²) < 4.78 is 25.1. The number of hydrogen-bond acceptors (Lipinski definition) is 5. The van der Waals surface area contributed by atoms with Crippen molar-refractivity contribution >= 4 is 27.5 Å². The summed E-state index contributed by atoms with van der Waals surface area (Å²) in [5.74, 6) is -1.43. The van der Waals surface area contributed by atoms with Gasteiger partial charge in [-0.3, -0.25) is 14.6 Å². The molecule has 1 aliphatic heterocycles. The van der Waals surface area contributed by atoms with E-state index in [9.17, 15) is 18.0 Å². The molecule has 1 aromatic heterocycles. The lowest BCUT2D eigenvalue weighted by atomic mass is 10.1. The third kappa shape index (κ3) is 4.33. The van der Waals surface area contributed by atoms with E-state index >= 15 is 0 Å². The van der Waals surface area contributed by atoms with Crippen LogP contribution in [0.4, 0.5) is 5.69 Å². The molecule has 2 aromatic rings. The molecular formula is C19H21N3O4S. The molecule has 1 N–H and O–H groups in total. The second kappa shape index (κ2) is 7.87. The lowest BCUT2D eigenvalue weighted by molar-refractivity contribution is -0.119. The molecule has 8 heteroatoms. The van der Waals surface area contributed by atoms with Gasteiger partial charge in [0.05, 0.1) is 17.4 Å². The Balaban J connectivity index is 1.57. The number of anilines is 1. The SMILES string of the molecule is CC1CS(=O)(=O)N(c2ccc(C(=O)NCCCc3cccnc3)cc2)C1=O. The van der Waals surface area contributed by atoms with Crippen LogP contribution >= 0.6 is 0 Å². The molecular weight excluding hydrogens is 366 g/mol. The summed E-state index contributed by atoms with van der Waals surface area (Å²) in [6.45, 7) is 2.11. The number of nitrogens with zero attached hydrogens (tertiary/aromatic N) is 2. The third-order valence-electron chi connectivity index (χ3n) is 4.38. The number of hydrogen-bond donors (Lipinski definition) is 1. The first-order valence-electron chi connectivity index (χ1n) is 8.72. The number of aromatic nitrogens is 1. The Hall–Kier alpha value is -2.74. The van der Waals surface area contributed by atoms with Crippen molar-refractivity contribution in [3.8, 4) is 0 Å². The summed E-state index contributed by atoms with van der Waals surface area (Å²) in [5, 5.41) is 2.83. The van der Waals surface area contributed by atoms with Crippen molar-refractivity contribution in [1.29, 1.82) is 0 Å². The number of carbonyl (C=O) groups is 2. The monoisotopic (exact) mass is 387 g/mol. The van der Waals surface area contributed by atoms with Gasteiger partial charge >= 0.3 is 0 Å². The van der Waals surface area contributed by atoms with Gasteiger partial charge in [0, 0.05) is 24.5 Å². The molecule has 3 rings (SSSR count). The maximum Gasteiger partial charge on any atom is 0.251 e. The van der Waals surface area contributed by atoms with Crippen molar-refractivity contribution in [2.75, 3.05) is 16.6 Å². The fourth-order valence-electron chi connectivity index (χ4n) is 2.98. The number of aryl methyl sites for hydroxylation is 1. The topological polar surface area (TPSA) is 96.4 Å². The molecule has 7 nitrogen and oxygen atoms in total. The Labute approximate surface area is 158 Å². The van der Waals surface area contributed by atoms with Gasteiger partial charge in [-0.25, -0.2) is 12.7 Å². The van der Waals surface area contributed by atoms with Crippen LogP contribution in [0.15, 0.2) is 48.8 Å². The number of nitrogens with one attached hydrogen (secondary N) is 1. The van der Waals surface area contributed by atoms with Crippen molar-refractivity contribution in [3.63, 3.8) is 0 Å². The lowest BCUT2D eigenvalue weighted by Crippen LogP contribution is -2.30. The van der Waals surface area contributed by atoms with Gasteiger partial charge < -0.3 is 5.32 Å². The average molecular weight is 387 g/mol. The predicted molar refractivity (Wildman–Crippen MR) is 102 cm³/mol. The van der Waals surface area contributed by atoms with E-state index in [0.717, 1.165) is 22.7 Å². The van der Waals surface area contributed by atoms with E-state index in [1.165, 1.54) is 24.3 Å². The van der Waals surface area contributed by atoms with Gasteiger partial charge in [-0.15, -0.1) is 0 Å². The highest BCUT2D eigenvalue weighted by molar-refractivity contribution is 7.94. The summed E-state index contributed by atoms with van der Waals surface area (Å²) in [7, 11) is -3.64. The third-order valence-corrected chi connectivity index (χ3v) is 6.24. The van der Waals surface area contributed by atoms with Crippen molar-refractivity contribution < 1.29 is 18.0 Å².